The Morgan fingerprint density at radius 1 is 1.29 bits per heavy atom. The summed E-state index contributed by atoms with van der Waals surface area (Å²) >= 11 is 0. The number of fused-ring (bicyclic) bond motifs is 2. The van der Waals surface area contributed by atoms with Crippen LogP contribution in [0, 0.1) is 18.7 Å². The zero-order chi connectivity index (χ0) is 19.8. The highest BCUT2D eigenvalue weighted by Crippen LogP contribution is 2.33. The summed E-state index contributed by atoms with van der Waals surface area (Å²) in [4.78, 5) is 20.8. The van der Waals surface area contributed by atoms with Crippen molar-refractivity contribution in [2.24, 2.45) is 5.92 Å². The van der Waals surface area contributed by atoms with Crippen molar-refractivity contribution in [2.75, 3.05) is 5.32 Å². The van der Waals surface area contributed by atoms with Gasteiger partial charge in [-0.2, -0.15) is 0 Å². The lowest BCUT2D eigenvalue weighted by molar-refractivity contribution is 0.241. The van der Waals surface area contributed by atoms with Crippen LogP contribution in [0.5, 0.6) is 0 Å². The topological polar surface area (TPSA) is 84.5 Å². The first-order chi connectivity index (χ1) is 13.4. The number of urea groups is 1. The van der Waals surface area contributed by atoms with E-state index >= 15 is 0 Å². The number of hydrogen-bond donors (Lipinski definition) is 2. The van der Waals surface area contributed by atoms with E-state index in [-0.39, 0.29) is 23.8 Å². The minimum atomic E-state index is -0.383. The van der Waals surface area contributed by atoms with Crippen LogP contribution in [0.4, 0.5) is 14.9 Å². The van der Waals surface area contributed by atoms with Gasteiger partial charge in [0.1, 0.15) is 17.2 Å². The molecule has 2 N–H and O–H groups in total. The average Bonchev–Trinajstić information content (AvgIpc) is 3.24. The Bertz CT molecular complexity index is 1160. The van der Waals surface area contributed by atoms with Crippen molar-refractivity contribution in [3.05, 3.63) is 60.1 Å². The number of amides is 2. The van der Waals surface area contributed by atoms with Crippen molar-refractivity contribution in [1.82, 2.24) is 19.7 Å². The molecule has 1 aromatic carbocycles. The number of aryl methyl sites for hydroxylation is 1. The van der Waals surface area contributed by atoms with E-state index in [1.54, 1.807) is 35.3 Å². The lowest BCUT2D eigenvalue weighted by Gasteiger charge is -2.21. The maximum Gasteiger partial charge on any atom is 0.319 e. The van der Waals surface area contributed by atoms with Crippen LogP contribution >= 0.6 is 0 Å². The molecule has 4 rings (SSSR count). The monoisotopic (exact) mass is 381 g/mol. The number of nitrogens with one attached hydrogen (secondary N) is 2. The number of carbonyl (C=O) groups is 1. The summed E-state index contributed by atoms with van der Waals surface area (Å²) in [6.45, 7) is 5.83. The smallest absolute Gasteiger partial charge is 0.319 e. The van der Waals surface area contributed by atoms with Gasteiger partial charge in [0.2, 0.25) is 5.78 Å². The molecule has 0 fully saturated rings. The van der Waals surface area contributed by atoms with Crippen LogP contribution in [0.25, 0.3) is 16.7 Å². The molecule has 7 nitrogen and oxygen atoms in total. The summed E-state index contributed by atoms with van der Waals surface area (Å²) in [6, 6.07) is 3.65. The van der Waals surface area contributed by atoms with Crippen LogP contribution < -0.4 is 10.6 Å². The molecule has 3 heterocycles. The molecule has 0 aliphatic rings. The highest BCUT2D eigenvalue weighted by molar-refractivity contribution is 5.89. The molecule has 2 amide bonds. The molecule has 3 aromatic heterocycles. The third-order valence-corrected chi connectivity index (χ3v) is 4.67. The van der Waals surface area contributed by atoms with E-state index in [9.17, 15) is 9.18 Å². The van der Waals surface area contributed by atoms with Crippen LogP contribution in [0.15, 0.2) is 47.4 Å². The number of halogens is 1. The van der Waals surface area contributed by atoms with Gasteiger partial charge in [-0.3, -0.25) is 4.40 Å². The summed E-state index contributed by atoms with van der Waals surface area (Å²) in [5.41, 5.74) is 1.94. The lowest BCUT2D eigenvalue weighted by atomic mass is 9.98. The third kappa shape index (κ3) is 3.28. The number of nitrogens with zero attached hydrogens (tertiary/aromatic N) is 3. The Balaban J connectivity index is 1.58. The van der Waals surface area contributed by atoms with Crippen molar-refractivity contribution in [2.45, 2.75) is 26.8 Å². The first-order valence-electron chi connectivity index (χ1n) is 8.97. The number of hydrogen-bond acceptors (Lipinski definition) is 4. The SMILES string of the molecule is Cc1c([C@@H](NC(=O)Nc2cnc3nccn3c2)C(C)C)oc2ccc(F)cc12. The first kappa shape index (κ1) is 18.0. The van der Waals surface area contributed by atoms with E-state index in [0.717, 1.165) is 5.56 Å². The number of rotatable bonds is 4. The van der Waals surface area contributed by atoms with E-state index < -0.39 is 0 Å². The number of anilines is 1. The van der Waals surface area contributed by atoms with E-state index in [2.05, 4.69) is 20.6 Å². The molecular weight excluding hydrogens is 361 g/mol. The van der Waals surface area contributed by atoms with Crippen molar-refractivity contribution in [1.29, 1.82) is 0 Å². The Morgan fingerprint density at radius 3 is 2.89 bits per heavy atom. The normalized spacial score (nSPS) is 12.6. The van der Waals surface area contributed by atoms with Crippen LogP contribution in [0.3, 0.4) is 0 Å². The number of imidazole rings is 1. The van der Waals surface area contributed by atoms with Crippen molar-refractivity contribution >= 4 is 28.5 Å². The fourth-order valence-electron chi connectivity index (χ4n) is 3.23. The number of aromatic nitrogens is 3. The highest BCUT2D eigenvalue weighted by atomic mass is 19.1. The molecule has 0 bridgehead atoms. The average molecular weight is 381 g/mol. The van der Waals surface area contributed by atoms with Crippen LogP contribution in [0.1, 0.15) is 31.2 Å². The molecule has 0 saturated carbocycles. The van der Waals surface area contributed by atoms with Gasteiger partial charge < -0.3 is 15.1 Å². The quantitative estimate of drug-likeness (QED) is 0.547. The molecule has 0 spiro atoms. The Morgan fingerprint density at radius 2 is 2.11 bits per heavy atom. The van der Waals surface area contributed by atoms with E-state index in [1.165, 1.54) is 12.1 Å². The fourth-order valence-corrected chi connectivity index (χ4v) is 3.23. The zero-order valence-corrected chi connectivity index (χ0v) is 15.7. The summed E-state index contributed by atoms with van der Waals surface area (Å²) in [7, 11) is 0. The minimum Gasteiger partial charge on any atom is -0.459 e. The van der Waals surface area contributed by atoms with Gasteiger partial charge >= 0.3 is 6.03 Å². The van der Waals surface area contributed by atoms with Gasteiger partial charge in [-0.25, -0.2) is 19.2 Å². The van der Waals surface area contributed by atoms with Gasteiger partial charge in [0, 0.05) is 29.5 Å². The maximum absolute atomic E-state index is 13.6. The van der Waals surface area contributed by atoms with Crippen molar-refractivity contribution < 1.29 is 13.6 Å². The second-order valence-electron chi connectivity index (χ2n) is 7.03. The van der Waals surface area contributed by atoms with Crippen LogP contribution in [-0.2, 0) is 0 Å². The van der Waals surface area contributed by atoms with E-state index in [0.29, 0.717) is 28.2 Å². The third-order valence-electron chi connectivity index (χ3n) is 4.67. The first-order valence-corrected chi connectivity index (χ1v) is 8.97. The molecule has 0 saturated heterocycles. The predicted octanol–water partition coefficient (Wildman–Crippen LogP) is 4.44. The highest BCUT2D eigenvalue weighted by Gasteiger charge is 2.25. The van der Waals surface area contributed by atoms with Crippen molar-refractivity contribution in [3.8, 4) is 0 Å². The van der Waals surface area contributed by atoms with Crippen LogP contribution in [-0.4, -0.2) is 20.4 Å². The van der Waals surface area contributed by atoms with E-state index in [4.69, 9.17) is 4.42 Å². The fraction of sp³-hybridized carbons (Fsp3) is 0.250. The van der Waals surface area contributed by atoms with Gasteiger partial charge in [0.15, 0.2) is 0 Å². The summed E-state index contributed by atoms with van der Waals surface area (Å²) in [5, 5.41) is 6.43. The summed E-state index contributed by atoms with van der Waals surface area (Å²) < 4.78 is 21.2. The molecule has 8 heteroatoms. The Kier molecular flexibility index (Phi) is 4.46. The Hall–Kier alpha value is -3.42. The molecular formula is C20H20FN5O2. The number of furan rings is 1. The standard InChI is InChI=1S/C20H20FN5O2/c1-11(2)17(18-12(3)15-8-13(21)4-5-16(15)28-18)25-20(27)24-14-9-23-19-22-6-7-26(19)10-14/h4-11,17H,1-3H3,(H2,24,25,27)/t17-/m0/s1. The molecule has 4 aromatic rings. The van der Waals surface area contributed by atoms with Gasteiger partial charge in [0.25, 0.3) is 0 Å². The van der Waals surface area contributed by atoms with Gasteiger partial charge in [-0.1, -0.05) is 13.8 Å². The van der Waals surface area contributed by atoms with Crippen LogP contribution in [0.2, 0.25) is 0 Å². The van der Waals surface area contributed by atoms with Gasteiger partial charge in [-0.05, 0) is 31.0 Å². The largest absolute Gasteiger partial charge is 0.459 e. The van der Waals surface area contributed by atoms with Crippen molar-refractivity contribution in [3.63, 3.8) is 0 Å². The molecule has 0 radical (unpaired) electrons. The minimum absolute atomic E-state index is 0.0594. The number of carbonyl (C=O) groups excluding carboxylic acids is 1. The zero-order valence-electron chi connectivity index (χ0n) is 15.7. The molecule has 28 heavy (non-hydrogen) atoms. The summed E-state index contributed by atoms with van der Waals surface area (Å²) in [6.07, 6.45) is 6.66. The molecule has 0 aliphatic carbocycles. The summed E-state index contributed by atoms with van der Waals surface area (Å²) in [5.74, 6) is 0.909. The molecule has 144 valence electrons. The van der Waals surface area contributed by atoms with E-state index in [1.807, 2.05) is 20.8 Å². The molecule has 1 atom stereocenters. The Labute approximate surface area is 160 Å². The molecule has 0 unspecified atom stereocenters. The second-order valence-corrected chi connectivity index (χ2v) is 7.03. The van der Waals surface area contributed by atoms with Gasteiger partial charge in [-0.15, -0.1) is 0 Å². The van der Waals surface area contributed by atoms with Gasteiger partial charge in [0.05, 0.1) is 17.9 Å². The number of benzene rings is 1. The molecule has 0 aliphatic heterocycles. The predicted molar refractivity (Wildman–Crippen MR) is 104 cm³/mol. The lowest BCUT2D eigenvalue weighted by Crippen LogP contribution is -2.35. The second kappa shape index (κ2) is 6.95. The maximum atomic E-state index is 13.6.